The molecule has 178 valence electrons. The Hall–Kier alpha value is -2.74. The molecule has 2 aromatic heterocycles. The molecule has 0 amide bonds. The van der Waals surface area contributed by atoms with Crippen LogP contribution in [0, 0.1) is 11.8 Å². The molecule has 0 bridgehead atoms. The van der Waals surface area contributed by atoms with Crippen LogP contribution in [0.2, 0.25) is 5.02 Å². The van der Waals surface area contributed by atoms with E-state index in [0.717, 1.165) is 43.9 Å². The summed E-state index contributed by atoms with van der Waals surface area (Å²) in [6.45, 7) is 6.77. The third-order valence-corrected chi connectivity index (χ3v) is 7.21. The molecule has 0 aliphatic carbocycles. The van der Waals surface area contributed by atoms with Crippen LogP contribution < -0.4 is 19.3 Å². The Balaban J connectivity index is 1.35. The lowest BCUT2D eigenvalue weighted by molar-refractivity contribution is -0.137. The number of hydrogen-bond acceptors (Lipinski definition) is 7. The predicted octanol–water partition coefficient (Wildman–Crippen LogP) is 4.12. The van der Waals surface area contributed by atoms with Crippen LogP contribution >= 0.6 is 11.6 Å². The summed E-state index contributed by atoms with van der Waals surface area (Å²) < 4.78 is 11.4. The fraction of sp³-hybridized carbons (Fsp3) is 0.542. The van der Waals surface area contributed by atoms with E-state index in [9.17, 15) is 9.90 Å². The molecule has 2 aliphatic rings. The molecule has 0 spiro atoms. The Morgan fingerprint density at radius 2 is 1.91 bits per heavy atom. The van der Waals surface area contributed by atoms with E-state index in [1.54, 1.807) is 19.5 Å². The van der Waals surface area contributed by atoms with Gasteiger partial charge in [-0.2, -0.15) is 0 Å². The second kappa shape index (κ2) is 10.0. The predicted molar refractivity (Wildman–Crippen MR) is 128 cm³/mol. The summed E-state index contributed by atoms with van der Waals surface area (Å²) in [7, 11) is 1.59. The molecule has 0 aromatic carbocycles. The number of rotatable bonds is 7. The van der Waals surface area contributed by atoms with Gasteiger partial charge in [0.25, 0.3) is 0 Å². The fourth-order valence-corrected chi connectivity index (χ4v) is 5.03. The van der Waals surface area contributed by atoms with E-state index in [0.29, 0.717) is 28.6 Å². The highest BCUT2D eigenvalue weighted by Gasteiger charge is 2.38. The van der Waals surface area contributed by atoms with Crippen LogP contribution in [0.25, 0.3) is 0 Å². The van der Waals surface area contributed by atoms with E-state index in [1.807, 2.05) is 18.2 Å². The summed E-state index contributed by atoms with van der Waals surface area (Å²) in [6, 6.07) is 5.72. The van der Waals surface area contributed by atoms with Gasteiger partial charge in [0.05, 0.1) is 42.3 Å². The molecule has 2 fully saturated rings. The van der Waals surface area contributed by atoms with Crippen molar-refractivity contribution in [1.82, 2.24) is 9.97 Å². The molecule has 33 heavy (non-hydrogen) atoms. The maximum absolute atomic E-state index is 11.3. The first-order valence-corrected chi connectivity index (χ1v) is 11.8. The van der Waals surface area contributed by atoms with E-state index in [4.69, 9.17) is 21.1 Å². The lowest BCUT2D eigenvalue weighted by Crippen LogP contribution is -2.38. The zero-order chi connectivity index (χ0) is 23.5. The molecule has 0 unspecified atom stereocenters. The van der Waals surface area contributed by atoms with Crippen LogP contribution in [-0.2, 0) is 4.79 Å². The standard InChI is InChI=1S/C24H31ClN4O4/c1-15-14-29(20(16(15)2)11-24(30)31)17-4-5-22(26-12-17)33-18-6-8-28(9-7-18)21-10-23(32-3)27-13-19(21)25/h4-5,10,12-13,15-16,18,20H,6-9,11,14H2,1-3H3,(H,30,31)/t15-,16+,20-/m0/s1. The number of piperidine rings is 1. The number of halogens is 1. The molecule has 3 atom stereocenters. The summed E-state index contributed by atoms with van der Waals surface area (Å²) in [4.78, 5) is 24.4. The average Bonchev–Trinajstić information content (AvgIpc) is 3.08. The average molecular weight is 475 g/mol. The maximum Gasteiger partial charge on any atom is 0.305 e. The number of anilines is 2. The molecular formula is C24H31ClN4O4. The van der Waals surface area contributed by atoms with Crippen LogP contribution in [-0.4, -0.2) is 59.9 Å². The van der Waals surface area contributed by atoms with Crippen molar-refractivity contribution in [3.8, 4) is 11.8 Å². The molecule has 2 saturated heterocycles. The van der Waals surface area contributed by atoms with Gasteiger partial charge in [0.1, 0.15) is 6.10 Å². The quantitative estimate of drug-likeness (QED) is 0.641. The van der Waals surface area contributed by atoms with Gasteiger partial charge in [0, 0.05) is 50.7 Å². The van der Waals surface area contributed by atoms with Gasteiger partial charge >= 0.3 is 5.97 Å². The molecular weight excluding hydrogens is 444 g/mol. The van der Waals surface area contributed by atoms with Gasteiger partial charge < -0.3 is 24.4 Å². The lowest BCUT2D eigenvalue weighted by atomic mass is 9.92. The van der Waals surface area contributed by atoms with Crippen molar-refractivity contribution in [2.75, 3.05) is 36.5 Å². The first kappa shape index (κ1) is 23.4. The normalized spacial score (nSPS) is 23.6. The van der Waals surface area contributed by atoms with E-state index in [1.165, 1.54) is 0 Å². The third kappa shape index (κ3) is 5.27. The molecule has 8 nitrogen and oxygen atoms in total. The van der Waals surface area contributed by atoms with Crippen molar-refractivity contribution in [2.45, 2.75) is 45.3 Å². The monoisotopic (exact) mass is 474 g/mol. The lowest BCUT2D eigenvalue weighted by Gasteiger charge is -2.34. The highest BCUT2D eigenvalue weighted by atomic mass is 35.5. The zero-order valence-corrected chi connectivity index (χ0v) is 20.0. The Morgan fingerprint density at radius 1 is 1.18 bits per heavy atom. The van der Waals surface area contributed by atoms with Crippen molar-refractivity contribution >= 4 is 28.9 Å². The number of aliphatic carboxylic acids is 1. The van der Waals surface area contributed by atoms with Crippen LogP contribution in [0.5, 0.6) is 11.8 Å². The van der Waals surface area contributed by atoms with Crippen molar-refractivity contribution in [1.29, 1.82) is 0 Å². The fourth-order valence-electron chi connectivity index (χ4n) is 4.81. The van der Waals surface area contributed by atoms with Crippen molar-refractivity contribution < 1.29 is 19.4 Å². The summed E-state index contributed by atoms with van der Waals surface area (Å²) in [6.07, 6.45) is 5.34. The van der Waals surface area contributed by atoms with Gasteiger partial charge in [-0.05, 0) is 17.9 Å². The molecule has 2 aromatic rings. The number of ether oxygens (including phenoxy) is 2. The summed E-state index contributed by atoms with van der Waals surface area (Å²) in [5.41, 5.74) is 1.87. The molecule has 2 aliphatic heterocycles. The Kier molecular flexibility index (Phi) is 7.12. The number of carbonyl (C=O) groups is 1. The highest BCUT2D eigenvalue weighted by molar-refractivity contribution is 6.33. The van der Waals surface area contributed by atoms with Crippen LogP contribution in [0.15, 0.2) is 30.6 Å². The zero-order valence-electron chi connectivity index (χ0n) is 19.3. The SMILES string of the molecule is COc1cc(N2CCC(Oc3ccc(N4C[C@H](C)[C@@H](C)[C@@H]4CC(=O)O)cn3)CC2)c(Cl)cn1. The van der Waals surface area contributed by atoms with Crippen molar-refractivity contribution in [2.24, 2.45) is 11.8 Å². The largest absolute Gasteiger partial charge is 0.481 e. The van der Waals surface area contributed by atoms with Crippen LogP contribution in [0.4, 0.5) is 11.4 Å². The molecule has 9 heteroatoms. The molecule has 4 rings (SSSR count). The van der Waals surface area contributed by atoms with Crippen molar-refractivity contribution in [3.63, 3.8) is 0 Å². The van der Waals surface area contributed by atoms with Gasteiger partial charge in [-0.3, -0.25) is 4.79 Å². The second-order valence-electron chi connectivity index (χ2n) is 8.99. The maximum atomic E-state index is 11.3. The highest BCUT2D eigenvalue weighted by Crippen LogP contribution is 2.36. The van der Waals surface area contributed by atoms with E-state index in [-0.39, 0.29) is 18.6 Å². The number of hydrogen-bond donors (Lipinski definition) is 1. The van der Waals surface area contributed by atoms with Gasteiger partial charge in [-0.15, -0.1) is 0 Å². The van der Waals surface area contributed by atoms with Gasteiger partial charge in [0.15, 0.2) is 0 Å². The molecule has 0 saturated carbocycles. The summed E-state index contributed by atoms with van der Waals surface area (Å²) in [5.74, 6) is 1.12. The number of pyridine rings is 2. The first-order valence-electron chi connectivity index (χ1n) is 11.4. The number of carboxylic acid groups (broad SMARTS) is 1. The van der Waals surface area contributed by atoms with E-state index < -0.39 is 5.97 Å². The number of nitrogens with zero attached hydrogens (tertiary/aromatic N) is 4. The first-order chi connectivity index (χ1) is 15.9. The molecule has 0 radical (unpaired) electrons. The smallest absolute Gasteiger partial charge is 0.305 e. The Bertz CT molecular complexity index is 965. The summed E-state index contributed by atoms with van der Waals surface area (Å²) in [5, 5.41) is 9.93. The molecule has 4 heterocycles. The minimum absolute atomic E-state index is 0.0194. The molecule has 1 N–H and O–H groups in total. The van der Waals surface area contributed by atoms with Gasteiger partial charge in [0.2, 0.25) is 11.8 Å². The minimum Gasteiger partial charge on any atom is -0.481 e. The second-order valence-corrected chi connectivity index (χ2v) is 9.40. The van der Waals surface area contributed by atoms with Gasteiger partial charge in [-0.1, -0.05) is 25.4 Å². The number of aromatic nitrogens is 2. The Morgan fingerprint density at radius 3 is 2.55 bits per heavy atom. The summed E-state index contributed by atoms with van der Waals surface area (Å²) >= 11 is 6.34. The number of methoxy groups -OCH3 is 1. The van der Waals surface area contributed by atoms with Crippen LogP contribution in [0.3, 0.4) is 0 Å². The third-order valence-electron chi connectivity index (χ3n) is 6.91. The Labute approximate surface area is 199 Å². The number of carboxylic acids is 1. The van der Waals surface area contributed by atoms with Crippen LogP contribution in [0.1, 0.15) is 33.1 Å². The van der Waals surface area contributed by atoms with E-state index >= 15 is 0 Å². The van der Waals surface area contributed by atoms with Gasteiger partial charge in [-0.25, -0.2) is 9.97 Å². The van der Waals surface area contributed by atoms with Crippen molar-refractivity contribution in [3.05, 3.63) is 35.6 Å². The topological polar surface area (TPSA) is 88.0 Å². The minimum atomic E-state index is -0.767. The van der Waals surface area contributed by atoms with E-state index in [2.05, 4.69) is 33.6 Å².